The van der Waals surface area contributed by atoms with Crippen molar-refractivity contribution in [2.75, 3.05) is 5.32 Å². The Hall–Kier alpha value is -3.81. The van der Waals surface area contributed by atoms with Crippen molar-refractivity contribution >= 4 is 22.6 Å². The van der Waals surface area contributed by atoms with Gasteiger partial charge in [-0.1, -0.05) is 18.2 Å². The van der Waals surface area contributed by atoms with E-state index in [1.54, 1.807) is 19.2 Å². The molecule has 2 N–H and O–H groups in total. The van der Waals surface area contributed by atoms with E-state index in [2.05, 4.69) is 10.3 Å². The van der Waals surface area contributed by atoms with E-state index in [4.69, 9.17) is 0 Å². The molecule has 1 aromatic heterocycles. The Morgan fingerprint density at radius 3 is 2.55 bits per heavy atom. The van der Waals surface area contributed by atoms with Crippen LogP contribution in [0.4, 0.5) is 18.9 Å². The zero-order valence-electron chi connectivity index (χ0n) is 16.7. The van der Waals surface area contributed by atoms with E-state index in [1.807, 2.05) is 31.2 Å². The highest BCUT2D eigenvalue weighted by atomic mass is 19.4. The summed E-state index contributed by atoms with van der Waals surface area (Å²) in [5, 5.41) is 2.66. The predicted molar refractivity (Wildman–Crippen MR) is 113 cm³/mol. The molecule has 8 heteroatoms. The Morgan fingerprint density at radius 1 is 1.03 bits per heavy atom. The highest BCUT2D eigenvalue weighted by Gasteiger charge is 2.30. The number of aryl methyl sites for hydroxylation is 2. The van der Waals surface area contributed by atoms with Gasteiger partial charge >= 0.3 is 11.9 Å². The van der Waals surface area contributed by atoms with E-state index in [1.165, 1.54) is 16.7 Å². The minimum atomic E-state index is -4.52. The van der Waals surface area contributed by atoms with Crippen molar-refractivity contribution < 1.29 is 18.0 Å². The van der Waals surface area contributed by atoms with Gasteiger partial charge in [0.05, 0.1) is 16.6 Å². The molecule has 0 bridgehead atoms. The summed E-state index contributed by atoms with van der Waals surface area (Å²) in [4.78, 5) is 27.1. The second-order valence-corrected chi connectivity index (χ2v) is 7.28. The van der Waals surface area contributed by atoms with Gasteiger partial charge in [0.1, 0.15) is 0 Å². The van der Waals surface area contributed by atoms with Gasteiger partial charge < -0.3 is 10.3 Å². The molecule has 0 unspecified atom stereocenters. The fourth-order valence-electron chi connectivity index (χ4n) is 3.46. The molecule has 1 amide bonds. The number of nitrogens with zero attached hydrogens (tertiary/aromatic N) is 1. The molecule has 0 aliphatic heterocycles. The molecule has 0 spiro atoms. The van der Waals surface area contributed by atoms with E-state index < -0.39 is 17.6 Å². The van der Waals surface area contributed by atoms with Gasteiger partial charge in [0, 0.05) is 18.3 Å². The standard InChI is InChI=1S/C23H18F3N3O2/c1-13-6-8-17(27-21(30)15-4-3-5-16(10-15)23(24,25)26)12-18(13)14-7-9-20-19(11-14)28-22(31)29(20)2/h3-12H,1-2H3,(H,27,30)(H,28,31). The molecular weight excluding hydrogens is 407 g/mol. The van der Waals surface area contributed by atoms with Crippen molar-refractivity contribution in [1.82, 2.24) is 9.55 Å². The van der Waals surface area contributed by atoms with Crippen LogP contribution in [0.1, 0.15) is 21.5 Å². The van der Waals surface area contributed by atoms with E-state index in [0.717, 1.165) is 34.3 Å². The summed E-state index contributed by atoms with van der Waals surface area (Å²) in [6.45, 7) is 1.91. The van der Waals surface area contributed by atoms with Gasteiger partial charge in [-0.2, -0.15) is 13.2 Å². The van der Waals surface area contributed by atoms with Crippen LogP contribution in [0.5, 0.6) is 0 Å². The molecule has 4 rings (SSSR count). The number of fused-ring (bicyclic) bond motifs is 1. The van der Waals surface area contributed by atoms with Crippen LogP contribution in [0.2, 0.25) is 0 Å². The third kappa shape index (κ3) is 3.96. The quantitative estimate of drug-likeness (QED) is 0.479. The van der Waals surface area contributed by atoms with Crippen molar-refractivity contribution in [2.24, 2.45) is 7.05 Å². The smallest absolute Gasteiger partial charge is 0.322 e. The average Bonchev–Trinajstić information content (AvgIpc) is 3.02. The van der Waals surface area contributed by atoms with Crippen molar-refractivity contribution in [2.45, 2.75) is 13.1 Å². The number of aromatic nitrogens is 2. The number of hydrogen-bond donors (Lipinski definition) is 2. The van der Waals surface area contributed by atoms with Crippen LogP contribution in [0.25, 0.3) is 22.2 Å². The number of alkyl halides is 3. The summed E-state index contributed by atoms with van der Waals surface area (Å²) in [7, 11) is 1.68. The molecule has 3 aromatic carbocycles. The van der Waals surface area contributed by atoms with Crippen molar-refractivity contribution in [3.05, 3.63) is 87.8 Å². The van der Waals surface area contributed by atoms with Crippen LogP contribution < -0.4 is 11.0 Å². The maximum atomic E-state index is 12.9. The Morgan fingerprint density at radius 2 is 1.81 bits per heavy atom. The fraction of sp³-hybridized carbons (Fsp3) is 0.130. The molecule has 5 nitrogen and oxygen atoms in total. The second-order valence-electron chi connectivity index (χ2n) is 7.28. The third-order valence-corrected chi connectivity index (χ3v) is 5.16. The molecule has 158 valence electrons. The summed E-state index contributed by atoms with van der Waals surface area (Å²) in [6, 6.07) is 15.1. The number of nitrogens with one attached hydrogen (secondary N) is 2. The molecule has 0 fully saturated rings. The van der Waals surface area contributed by atoms with Gasteiger partial charge in [-0.3, -0.25) is 9.36 Å². The summed E-state index contributed by atoms with van der Waals surface area (Å²) in [5.41, 5.74) is 3.32. The largest absolute Gasteiger partial charge is 0.416 e. The number of rotatable bonds is 3. The van der Waals surface area contributed by atoms with E-state index in [9.17, 15) is 22.8 Å². The topological polar surface area (TPSA) is 66.9 Å². The molecule has 1 heterocycles. The van der Waals surface area contributed by atoms with Gasteiger partial charge in [0.25, 0.3) is 5.91 Å². The van der Waals surface area contributed by atoms with Gasteiger partial charge in [-0.25, -0.2) is 4.79 Å². The lowest BCUT2D eigenvalue weighted by molar-refractivity contribution is -0.137. The number of amides is 1. The lowest BCUT2D eigenvalue weighted by atomic mass is 9.99. The number of anilines is 1. The van der Waals surface area contributed by atoms with E-state index in [0.29, 0.717) is 11.2 Å². The first-order chi connectivity index (χ1) is 14.6. The second kappa shape index (κ2) is 7.46. The minimum absolute atomic E-state index is 0.0831. The first kappa shape index (κ1) is 20.5. The number of halogens is 3. The van der Waals surface area contributed by atoms with Crippen LogP contribution in [0, 0.1) is 6.92 Å². The van der Waals surface area contributed by atoms with Crippen LogP contribution in [0.15, 0.2) is 65.5 Å². The molecular formula is C23H18F3N3O2. The number of imidazole rings is 1. The zero-order valence-corrected chi connectivity index (χ0v) is 16.7. The van der Waals surface area contributed by atoms with Crippen molar-refractivity contribution in [3.63, 3.8) is 0 Å². The predicted octanol–water partition coefficient (Wildman–Crippen LogP) is 5.11. The number of carbonyl (C=O) groups excluding carboxylic acids is 1. The van der Waals surface area contributed by atoms with Crippen molar-refractivity contribution in [3.8, 4) is 11.1 Å². The summed E-state index contributed by atoms with van der Waals surface area (Å²) in [6.07, 6.45) is -4.52. The van der Waals surface area contributed by atoms with Gasteiger partial charge in [0.15, 0.2) is 0 Å². The van der Waals surface area contributed by atoms with E-state index >= 15 is 0 Å². The SMILES string of the molecule is Cc1ccc(NC(=O)c2cccc(C(F)(F)F)c2)cc1-c1ccc2c(c1)[nH]c(=O)n2C. The number of carbonyl (C=O) groups is 1. The Kier molecular flexibility index (Phi) is 4.93. The highest BCUT2D eigenvalue weighted by Crippen LogP contribution is 2.31. The maximum Gasteiger partial charge on any atom is 0.416 e. The molecule has 31 heavy (non-hydrogen) atoms. The lowest BCUT2D eigenvalue weighted by Gasteiger charge is -2.12. The van der Waals surface area contributed by atoms with Gasteiger partial charge in [-0.05, 0) is 66.1 Å². The average molecular weight is 425 g/mol. The Bertz CT molecular complexity index is 1370. The molecule has 4 aromatic rings. The summed E-state index contributed by atoms with van der Waals surface area (Å²) >= 11 is 0. The number of hydrogen-bond acceptors (Lipinski definition) is 2. The summed E-state index contributed by atoms with van der Waals surface area (Å²) in [5.74, 6) is -0.635. The third-order valence-electron chi connectivity index (χ3n) is 5.16. The molecule has 0 radical (unpaired) electrons. The first-order valence-corrected chi connectivity index (χ1v) is 9.42. The highest BCUT2D eigenvalue weighted by molar-refractivity contribution is 6.04. The molecule has 0 aliphatic carbocycles. The van der Waals surface area contributed by atoms with Gasteiger partial charge in [0.2, 0.25) is 0 Å². The van der Waals surface area contributed by atoms with E-state index in [-0.39, 0.29) is 11.3 Å². The Labute approximate surface area is 175 Å². The molecule has 0 atom stereocenters. The zero-order chi connectivity index (χ0) is 22.3. The maximum absolute atomic E-state index is 12.9. The van der Waals surface area contributed by atoms with Crippen LogP contribution in [-0.4, -0.2) is 15.5 Å². The summed E-state index contributed by atoms with van der Waals surface area (Å²) < 4.78 is 40.3. The lowest BCUT2D eigenvalue weighted by Crippen LogP contribution is -2.14. The first-order valence-electron chi connectivity index (χ1n) is 9.42. The van der Waals surface area contributed by atoms with Crippen LogP contribution in [0.3, 0.4) is 0 Å². The number of benzene rings is 3. The molecule has 0 aliphatic rings. The normalized spacial score (nSPS) is 11.6. The fourth-order valence-corrected chi connectivity index (χ4v) is 3.46. The number of H-pyrrole nitrogens is 1. The monoisotopic (exact) mass is 425 g/mol. The van der Waals surface area contributed by atoms with Gasteiger partial charge in [-0.15, -0.1) is 0 Å². The minimum Gasteiger partial charge on any atom is -0.322 e. The molecule has 0 saturated heterocycles. The van der Waals surface area contributed by atoms with Crippen LogP contribution in [-0.2, 0) is 13.2 Å². The van der Waals surface area contributed by atoms with Crippen molar-refractivity contribution in [1.29, 1.82) is 0 Å². The Balaban J connectivity index is 1.66. The number of aromatic amines is 1. The van der Waals surface area contributed by atoms with Crippen LogP contribution >= 0.6 is 0 Å². The molecule has 0 saturated carbocycles.